The fourth-order valence-electron chi connectivity index (χ4n) is 0.981. The molecule has 0 saturated heterocycles. The van der Waals surface area contributed by atoms with Gasteiger partial charge in [0.2, 0.25) is 0 Å². The van der Waals surface area contributed by atoms with Crippen LogP contribution < -0.4 is 0 Å². The molecule has 0 heterocycles. The van der Waals surface area contributed by atoms with Crippen molar-refractivity contribution in [2.24, 2.45) is 0 Å². The van der Waals surface area contributed by atoms with E-state index in [1.807, 2.05) is 33.8 Å². The zero-order valence-corrected chi connectivity index (χ0v) is 10.1. The highest BCUT2D eigenvalue weighted by Crippen LogP contribution is 2.05. The van der Waals surface area contributed by atoms with E-state index in [2.05, 4.69) is 6.92 Å². The summed E-state index contributed by atoms with van der Waals surface area (Å²) in [5, 5.41) is 0. The van der Waals surface area contributed by atoms with Crippen LogP contribution in [0.3, 0.4) is 0 Å². The Morgan fingerprint density at radius 1 is 1.07 bits per heavy atom. The van der Waals surface area contributed by atoms with E-state index in [1.54, 1.807) is 12.1 Å². The largest absolute Gasteiger partial charge is 0.207 e. The van der Waals surface area contributed by atoms with Gasteiger partial charge in [-0.05, 0) is 24.1 Å². The lowest BCUT2D eigenvalue weighted by molar-refractivity contribution is 0.625. The van der Waals surface area contributed by atoms with Gasteiger partial charge in [-0.3, -0.25) is 0 Å². The van der Waals surface area contributed by atoms with Gasteiger partial charge < -0.3 is 0 Å². The van der Waals surface area contributed by atoms with Crippen molar-refractivity contribution in [3.05, 3.63) is 35.6 Å². The van der Waals surface area contributed by atoms with Gasteiger partial charge in [0.15, 0.2) is 0 Å². The van der Waals surface area contributed by atoms with Gasteiger partial charge in [-0.15, -0.1) is 0 Å². The molecule has 82 valence electrons. The molecule has 0 bridgehead atoms. The van der Waals surface area contributed by atoms with Crippen molar-refractivity contribution in [3.63, 3.8) is 0 Å². The van der Waals surface area contributed by atoms with Crippen LogP contribution in [-0.2, 0) is 6.42 Å². The molecule has 1 aromatic rings. The van der Waals surface area contributed by atoms with E-state index in [0.717, 1.165) is 18.4 Å². The molecule has 0 aliphatic heterocycles. The van der Waals surface area contributed by atoms with Crippen molar-refractivity contribution in [1.29, 1.82) is 0 Å². The molecule has 0 fully saturated rings. The normalized spacial score (nSPS) is 7.86. The third kappa shape index (κ3) is 7.78. The second kappa shape index (κ2) is 12.2. The minimum absolute atomic E-state index is 0.133. The summed E-state index contributed by atoms with van der Waals surface area (Å²) in [5.41, 5.74) is 1.09. The van der Waals surface area contributed by atoms with Crippen molar-refractivity contribution >= 4 is 0 Å². The minimum Gasteiger partial charge on any atom is -0.207 e. The Morgan fingerprint density at radius 3 is 2.07 bits per heavy atom. The van der Waals surface area contributed by atoms with E-state index in [0.29, 0.717) is 0 Å². The predicted molar refractivity (Wildman–Crippen MR) is 63.1 cm³/mol. The van der Waals surface area contributed by atoms with E-state index in [1.165, 1.54) is 6.07 Å². The summed E-state index contributed by atoms with van der Waals surface area (Å²) in [5.74, 6) is -0.133. The van der Waals surface area contributed by atoms with Gasteiger partial charge in [0.25, 0.3) is 0 Å². The predicted octanol–water partition coefficient (Wildman–Crippen LogP) is 4.83. The topological polar surface area (TPSA) is 0 Å². The van der Waals surface area contributed by atoms with Gasteiger partial charge in [0, 0.05) is 0 Å². The Labute approximate surface area is 88.2 Å². The lowest BCUT2D eigenvalue weighted by Crippen LogP contribution is -1.82. The second-order valence-electron chi connectivity index (χ2n) is 2.38. The molecule has 0 N–H and O–H groups in total. The Balaban J connectivity index is 0. The van der Waals surface area contributed by atoms with E-state index in [4.69, 9.17) is 0 Å². The van der Waals surface area contributed by atoms with Crippen LogP contribution in [-0.4, -0.2) is 0 Å². The molecule has 0 aromatic heterocycles. The molecule has 0 amide bonds. The molecule has 0 spiro atoms. The standard InChI is InChI=1S/C9H11F.2C2H6/c1-2-4-8-5-3-6-9(10)7-8;2*1-2/h3,5-7H,2,4H2,1H3;2*1-2H3. The van der Waals surface area contributed by atoms with Gasteiger partial charge in [0.05, 0.1) is 0 Å². The number of halogens is 1. The Bertz CT molecular complexity index is 206. The Kier molecular flexibility index (Phi) is 13.6. The Hall–Kier alpha value is -0.850. The van der Waals surface area contributed by atoms with Crippen LogP contribution in [0.25, 0.3) is 0 Å². The summed E-state index contributed by atoms with van der Waals surface area (Å²) >= 11 is 0. The molecule has 0 atom stereocenters. The van der Waals surface area contributed by atoms with Gasteiger partial charge in [-0.1, -0.05) is 53.2 Å². The first-order chi connectivity index (χ1) is 6.83. The van der Waals surface area contributed by atoms with E-state index >= 15 is 0 Å². The highest BCUT2D eigenvalue weighted by molar-refractivity contribution is 5.16. The van der Waals surface area contributed by atoms with Gasteiger partial charge >= 0.3 is 0 Å². The highest BCUT2D eigenvalue weighted by atomic mass is 19.1. The van der Waals surface area contributed by atoms with Gasteiger partial charge in [0.1, 0.15) is 5.82 Å². The summed E-state index contributed by atoms with van der Waals surface area (Å²) in [6.07, 6.45) is 2.04. The zero-order chi connectivity index (χ0) is 11.4. The summed E-state index contributed by atoms with van der Waals surface area (Å²) in [4.78, 5) is 0. The average Bonchev–Trinajstić information content (AvgIpc) is 2.24. The summed E-state index contributed by atoms with van der Waals surface area (Å²) < 4.78 is 12.5. The van der Waals surface area contributed by atoms with Crippen LogP contribution >= 0.6 is 0 Å². The van der Waals surface area contributed by atoms with Crippen molar-refractivity contribution in [2.75, 3.05) is 0 Å². The molecule has 1 heteroatoms. The molecule has 0 unspecified atom stereocenters. The first-order valence-electron chi connectivity index (χ1n) is 5.57. The fourth-order valence-corrected chi connectivity index (χ4v) is 0.981. The zero-order valence-electron chi connectivity index (χ0n) is 10.1. The smallest absolute Gasteiger partial charge is 0.123 e. The van der Waals surface area contributed by atoms with Crippen molar-refractivity contribution in [3.8, 4) is 0 Å². The fraction of sp³-hybridized carbons (Fsp3) is 0.538. The maximum absolute atomic E-state index is 12.5. The maximum Gasteiger partial charge on any atom is 0.123 e. The quantitative estimate of drug-likeness (QED) is 0.638. The molecule has 1 aromatic carbocycles. The summed E-state index contributed by atoms with van der Waals surface area (Å²) in [6, 6.07) is 6.76. The number of benzene rings is 1. The second-order valence-corrected chi connectivity index (χ2v) is 2.38. The van der Waals surface area contributed by atoms with Crippen LogP contribution in [0.4, 0.5) is 4.39 Å². The maximum atomic E-state index is 12.5. The van der Waals surface area contributed by atoms with E-state index in [9.17, 15) is 4.39 Å². The van der Waals surface area contributed by atoms with Crippen LogP contribution in [0, 0.1) is 5.82 Å². The molecule has 14 heavy (non-hydrogen) atoms. The first kappa shape index (κ1) is 15.6. The van der Waals surface area contributed by atoms with Crippen molar-refractivity contribution in [2.45, 2.75) is 47.5 Å². The van der Waals surface area contributed by atoms with E-state index in [-0.39, 0.29) is 5.82 Å². The summed E-state index contributed by atoms with van der Waals surface area (Å²) in [6.45, 7) is 10.1. The lowest BCUT2D eigenvalue weighted by atomic mass is 10.1. The lowest BCUT2D eigenvalue weighted by Gasteiger charge is -1.95. The number of hydrogen-bond acceptors (Lipinski definition) is 0. The molecule has 1 rings (SSSR count). The highest BCUT2D eigenvalue weighted by Gasteiger charge is 1.91. The van der Waals surface area contributed by atoms with Crippen LogP contribution in [0.15, 0.2) is 24.3 Å². The first-order valence-corrected chi connectivity index (χ1v) is 5.57. The number of hydrogen-bond donors (Lipinski definition) is 0. The molecule has 0 aliphatic carbocycles. The molecule has 0 nitrogen and oxygen atoms in total. The molecule has 0 saturated carbocycles. The van der Waals surface area contributed by atoms with Crippen LogP contribution in [0.5, 0.6) is 0 Å². The molecule has 0 radical (unpaired) electrons. The molecule has 0 aliphatic rings. The molecular formula is C13H23F. The Morgan fingerprint density at radius 2 is 1.64 bits per heavy atom. The third-order valence-corrected chi connectivity index (χ3v) is 1.43. The summed E-state index contributed by atoms with van der Waals surface area (Å²) in [7, 11) is 0. The number of rotatable bonds is 2. The molecular weight excluding hydrogens is 175 g/mol. The van der Waals surface area contributed by atoms with Gasteiger partial charge in [-0.25, -0.2) is 4.39 Å². The van der Waals surface area contributed by atoms with Crippen LogP contribution in [0.2, 0.25) is 0 Å². The minimum atomic E-state index is -0.133. The van der Waals surface area contributed by atoms with Crippen molar-refractivity contribution < 1.29 is 4.39 Å². The van der Waals surface area contributed by atoms with E-state index < -0.39 is 0 Å². The monoisotopic (exact) mass is 198 g/mol. The SMILES string of the molecule is CC.CC.CCCc1cccc(F)c1. The van der Waals surface area contributed by atoms with Crippen molar-refractivity contribution in [1.82, 2.24) is 0 Å². The van der Waals surface area contributed by atoms with Gasteiger partial charge in [-0.2, -0.15) is 0 Å². The number of aryl methyl sites for hydroxylation is 1. The average molecular weight is 198 g/mol. The van der Waals surface area contributed by atoms with Crippen LogP contribution in [0.1, 0.15) is 46.6 Å². The third-order valence-electron chi connectivity index (χ3n) is 1.43.